The molecule has 0 atom stereocenters. The molecule has 4 heteroatoms. The molecule has 1 spiro atoms. The van der Waals surface area contributed by atoms with Crippen molar-refractivity contribution in [1.29, 1.82) is 0 Å². The lowest BCUT2D eigenvalue weighted by molar-refractivity contribution is 0.795. The van der Waals surface area contributed by atoms with Gasteiger partial charge in [-0.3, -0.25) is 9.55 Å². The van der Waals surface area contributed by atoms with Gasteiger partial charge in [-0.25, -0.2) is 4.98 Å². The van der Waals surface area contributed by atoms with E-state index in [1.807, 2.05) is 0 Å². The fourth-order valence-corrected chi connectivity index (χ4v) is 13.0. The fourth-order valence-electron chi connectivity index (χ4n) is 13.0. The van der Waals surface area contributed by atoms with Crippen LogP contribution in [-0.2, 0) is 5.41 Å². The average Bonchev–Trinajstić information content (AvgIpc) is 4.20. The van der Waals surface area contributed by atoms with Crippen LogP contribution in [0.3, 0.4) is 0 Å². The highest BCUT2D eigenvalue weighted by atomic mass is 15.1. The molecule has 2 aliphatic rings. The van der Waals surface area contributed by atoms with Gasteiger partial charge < -0.3 is 4.57 Å². The number of aromatic nitrogens is 4. The summed E-state index contributed by atoms with van der Waals surface area (Å²) in [5.74, 6) is 0.910. The molecule has 0 unspecified atom stereocenters. The first kappa shape index (κ1) is 40.1. The molecular formula is C69H42N4. The van der Waals surface area contributed by atoms with E-state index in [4.69, 9.17) is 9.97 Å². The Morgan fingerprint density at radius 2 is 0.849 bits per heavy atom. The van der Waals surface area contributed by atoms with Crippen LogP contribution in [0.15, 0.2) is 255 Å². The minimum absolute atomic E-state index is 0.536. The largest absolute Gasteiger partial charge is 0.309 e. The summed E-state index contributed by atoms with van der Waals surface area (Å²) in [5.41, 5.74) is 23.0. The second kappa shape index (κ2) is 15.2. The van der Waals surface area contributed by atoms with Crippen molar-refractivity contribution in [1.82, 2.24) is 19.1 Å². The van der Waals surface area contributed by atoms with E-state index >= 15 is 0 Å². The summed E-state index contributed by atoms with van der Waals surface area (Å²) in [5, 5.41) is 5.98. The molecule has 14 aromatic rings. The predicted molar refractivity (Wildman–Crippen MR) is 301 cm³/mol. The van der Waals surface area contributed by atoms with E-state index in [-0.39, 0.29) is 0 Å². The minimum Gasteiger partial charge on any atom is -0.309 e. The Balaban J connectivity index is 0.992. The van der Waals surface area contributed by atoms with Gasteiger partial charge in [-0.2, -0.15) is 0 Å². The highest BCUT2D eigenvalue weighted by Gasteiger charge is 2.52. The van der Waals surface area contributed by atoms with Crippen LogP contribution in [0.5, 0.6) is 0 Å². The molecule has 0 bridgehead atoms. The zero-order valence-electron chi connectivity index (χ0n) is 39.5. The zero-order valence-corrected chi connectivity index (χ0v) is 39.5. The van der Waals surface area contributed by atoms with Crippen LogP contribution in [0.1, 0.15) is 22.3 Å². The number of benzene rings is 11. The van der Waals surface area contributed by atoms with E-state index in [0.717, 1.165) is 72.3 Å². The van der Waals surface area contributed by atoms with Gasteiger partial charge in [0.2, 0.25) is 0 Å². The van der Waals surface area contributed by atoms with Crippen LogP contribution in [0, 0.1) is 0 Å². The Hall–Kier alpha value is -9.64. The summed E-state index contributed by atoms with van der Waals surface area (Å²) in [7, 11) is 0. The Morgan fingerprint density at radius 3 is 1.55 bits per heavy atom. The summed E-state index contributed by atoms with van der Waals surface area (Å²) in [6.45, 7) is 0. The first-order valence-electron chi connectivity index (χ1n) is 25.1. The van der Waals surface area contributed by atoms with Crippen LogP contribution >= 0.6 is 0 Å². The van der Waals surface area contributed by atoms with E-state index in [0.29, 0.717) is 0 Å². The average molecular weight is 927 g/mol. The lowest BCUT2D eigenvalue weighted by Crippen LogP contribution is -2.25. The van der Waals surface area contributed by atoms with E-state index in [9.17, 15) is 0 Å². The van der Waals surface area contributed by atoms with E-state index in [1.165, 1.54) is 71.7 Å². The summed E-state index contributed by atoms with van der Waals surface area (Å²) < 4.78 is 4.73. The van der Waals surface area contributed by atoms with Gasteiger partial charge in [0.05, 0.1) is 33.0 Å². The Bertz CT molecular complexity index is 4510. The van der Waals surface area contributed by atoms with Crippen LogP contribution in [-0.4, -0.2) is 19.1 Å². The maximum absolute atomic E-state index is 5.24. The van der Waals surface area contributed by atoms with E-state index in [1.54, 1.807) is 0 Å². The van der Waals surface area contributed by atoms with Gasteiger partial charge in [0.25, 0.3) is 0 Å². The molecule has 0 saturated heterocycles. The van der Waals surface area contributed by atoms with Crippen molar-refractivity contribution in [2.45, 2.75) is 5.41 Å². The maximum Gasteiger partial charge on any atom is 0.145 e. The molecule has 11 aromatic carbocycles. The molecular weight excluding hydrogens is 885 g/mol. The minimum atomic E-state index is -0.536. The van der Waals surface area contributed by atoms with Crippen molar-refractivity contribution in [3.05, 3.63) is 277 Å². The lowest BCUT2D eigenvalue weighted by Gasteiger charge is -2.31. The summed E-state index contributed by atoms with van der Waals surface area (Å²) >= 11 is 0. The number of hydrogen-bond donors (Lipinski definition) is 0. The third-order valence-corrected chi connectivity index (χ3v) is 15.9. The summed E-state index contributed by atoms with van der Waals surface area (Å²) in [6.07, 6.45) is 2.14. The number of rotatable bonds is 5. The van der Waals surface area contributed by atoms with E-state index < -0.39 is 5.41 Å². The highest BCUT2D eigenvalue weighted by molar-refractivity contribution is 6.20. The first-order valence-corrected chi connectivity index (χ1v) is 25.1. The van der Waals surface area contributed by atoms with Crippen molar-refractivity contribution in [3.8, 4) is 67.3 Å². The monoisotopic (exact) mass is 926 g/mol. The molecule has 73 heavy (non-hydrogen) atoms. The summed E-state index contributed by atoms with van der Waals surface area (Å²) in [6, 6.07) is 91.4. The molecule has 4 nitrogen and oxygen atoms in total. The molecule has 3 heterocycles. The van der Waals surface area contributed by atoms with Crippen molar-refractivity contribution in [3.63, 3.8) is 0 Å². The highest BCUT2D eigenvalue weighted by Crippen LogP contribution is 2.65. The van der Waals surface area contributed by atoms with Gasteiger partial charge in [-0.05, 0) is 133 Å². The second-order valence-electron chi connectivity index (χ2n) is 19.6. The molecule has 2 aliphatic carbocycles. The molecule has 338 valence electrons. The van der Waals surface area contributed by atoms with Crippen LogP contribution in [0.2, 0.25) is 0 Å². The molecule has 0 radical (unpaired) electrons. The van der Waals surface area contributed by atoms with Crippen LogP contribution in [0.25, 0.3) is 122 Å². The van der Waals surface area contributed by atoms with Crippen molar-refractivity contribution >= 4 is 54.5 Å². The Kier molecular flexibility index (Phi) is 8.35. The molecule has 0 saturated carbocycles. The number of pyridine rings is 1. The molecule has 0 N–H and O–H groups in total. The lowest BCUT2D eigenvalue weighted by atomic mass is 9.70. The van der Waals surface area contributed by atoms with Gasteiger partial charge in [0.1, 0.15) is 5.82 Å². The standard InChI is InChI=1S/C69H42N4/c1-2-18-47(19-3-1)73-65-33-17-14-30-62(65)71-68(73)44-36-34-43(35-37-44)45-38-46(40-48(39-45)72-63-31-15-8-22-51(63)52-23-9-16-32-64(52)72)55-41-60-67(66-54-25-7-13-29-61(54)70-42-56(55)66)53-24-6-12-28-59(53)69(60)57-26-10-4-20-49(57)50-21-5-11-27-58(50)69/h1-42H. The number of nitrogens with zero attached hydrogens (tertiary/aromatic N) is 4. The van der Waals surface area contributed by atoms with Gasteiger partial charge in [0, 0.05) is 50.1 Å². The smallest absolute Gasteiger partial charge is 0.145 e. The Morgan fingerprint density at radius 1 is 0.315 bits per heavy atom. The third-order valence-electron chi connectivity index (χ3n) is 15.9. The van der Waals surface area contributed by atoms with Crippen molar-refractivity contribution in [2.24, 2.45) is 0 Å². The molecule has 0 amide bonds. The maximum atomic E-state index is 5.24. The number of para-hydroxylation sites is 6. The zero-order chi connectivity index (χ0) is 47.8. The SMILES string of the molecule is c1ccc(-n2c(-c3ccc(-c4cc(-c5cc6c(c7c5cnc5ccccc57)-c5ccccc5C65c6ccccc6-c6ccccc65)cc(-n5c6ccccc6c6ccccc65)c4)cc3)nc3ccccc32)cc1. The number of imidazole rings is 1. The Labute approximate surface area is 421 Å². The van der Waals surface area contributed by atoms with Gasteiger partial charge in [-0.15, -0.1) is 0 Å². The van der Waals surface area contributed by atoms with E-state index in [2.05, 4.69) is 264 Å². The van der Waals surface area contributed by atoms with Crippen molar-refractivity contribution in [2.75, 3.05) is 0 Å². The third kappa shape index (κ3) is 5.55. The quantitative estimate of drug-likeness (QED) is 0.161. The topological polar surface area (TPSA) is 35.6 Å². The molecule has 0 aliphatic heterocycles. The van der Waals surface area contributed by atoms with Crippen LogP contribution < -0.4 is 0 Å². The van der Waals surface area contributed by atoms with Crippen molar-refractivity contribution < 1.29 is 0 Å². The fraction of sp³-hybridized carbons (Fsp3) is 0.0145. The number of fused-ring (bicyclic) bond motifs is 18. The second-order valence-corrected chi connectivity index (χ2v) is 19.6. The van der Waals surface area contributed by atoms with Crippen LogP contribution in [0.4, 0.5) is 0 Å². The van der Waals surface area contributed by atoms with Gasteiger partial charge in [-0.1, -0.05) is 182 Å². The normalized spacial score (nSPS) is 13.0. The number of hydrogen-bond acceptors (Lipinski definition) is 2. The molecule has 0 fully saturated rings. The molecule has 3 aromatic heterocycles. The first-order chi connectivity index (χ1) is 36.2. The molecule has 16 rings (SSSR count). The van der Waals surface area contributed by atoms with Gasteiger partial charge >= 0.3 is 0 Å². The van der Waals surface area contributed by atoms with Gasteiger partial charge in [0.15, 0.2) is 0 Å². The predicted octanol–water partition coefficient (Wildman–Crippen LogP) is 17.2. The summed E-state index contributed by atoms with van der Waals surface area (Å²) in [4.78, 5) is 10.5.